The van der Waals surface area contributed by atoms with Gasteiger partial charge < -0.3 is 15.5 Å². The van der Waals surface area contributed by atoms with Crippen molar-refractivity contribution < 1.29 is 14.4 Å². The minimum atomic E-state index is -0.277. The van der Waals surface area contributed by atoms with Crippen LogP contribution in [0.2, 0.25) is 0 Å². The number of para-hydroxylation sites is 1. The zero-order valence-electron chi connectivity index (χ0n) is 18.2. The van der Waals surface area contributed by atoms with Gasteiger partial charge in [-0.25, -0.2) is 4.98 Å². The molecule has 0 aliphatic carbocycles. The highest BCUT2D eigenvalue weighted by atomic mass is 32.2. The molecule has 33 heavy (non-hydrogen) atoms. The van der Waals surface area contributed by atoms with Crippen LogP contribution in [0.3, 0.4) is 0 Å². The molecule has 1 aliphatic rings. The Hall–Kier alpha value is -3.17. The van der Waals surface area contributed by atoms with E-state index < -0.39 is 0 Å². The normalized spacial score (nSPS) is 12.9. The molecule has 2 aromatic carbocycles. The second kappa shape index (κ2) is 10.6. The molecule has 3 amide bonds. The minimum absolute atomic E-state index is 0.0110. The van der Waals surface area contributed by atoms with E-state index in [4.69, 9.17) is 0 Å². The molecule has 0 fully saturated rings. The van der Waals surface area contributed by atoms with Crippen LogP contribution in [0.25, 0.3) is 11.3 Å². The zero-order chi connectivity index (χ0) is 23.2. The van der Waals surface area contributed by atoms with E-state index in [1.807, 2.05) is 41.8 Å². The third-order valence-electron chi connectivity index (χ3n) is 5.13. The van der Waals surface area contributed by atoms with Crippen molar-refractivity contribution in [1.82, 2.24) is 10.3 Å². The van der Waals surface area contributed by atoms with Gasteiger partial charge >= 0.3 is 0 Å². The predicted molar refractivity (Wildman–Crippen MR) is 133 cm³/mol. The Morgan fingerprint density at radius 2 is 1.91 bits per heavy atom. The second-order valence-electron chi connectivity index (χ2n) is 7.61. The van der Waals surface area contributed by atoms with Crippen molar-refractivity contribution in [3.63, 3.8) is 0 Å². The summed E-state index contributed by atoms with van der Waals surface area (Å²) in [5, 5.41) is 8.02. The summed E-state index contributed by atoms with van der Waals surface area (Å²) in [5.41, 5.74) is 3.72. The minimum Gasteiger partial charge on any atom is -0.356 e. The maximum atomic E-state index is 12.6. The summed E-state index contributed by atoms with van der Waals surface area (Å²) in [6.45, 7) is 2.14. The maximum absolute atomic E-state index is 12.6. The second-order valence-corrected chi connectivity index (χ2v) is 9.48. The Kier molecular flexibility index (Phi) is 7.41. The molecule has 9 heteroatoms. The number of anilines is 2. The Labute approximate surface area is 200 Å². The van der Waals surface area contributed by atoms with Crippen LogP contribution >= 0.6 is 23.1 Å². The van der Waals surface area contributed by atoms with Gasteiger partial charge in [0, 0.05) is 29.3 Å². The number of rotatable bonds is 8. The molecule has 2 N–H and O–H groups in total. The molecule has 0 saturated carbocycles. The average molecular weight is 481 g/mol. The number of nitrogens with zero attached hydrogens (tertiary/aromatic N) is 2. The fourth-order valence-electron chi connectivity index (χ4n) is 3.49. The molecule has 0 bridgehead atoms. The Balaban J connectivity index is 1.34. The van der Waals surface area contributed by atoms with Crippen molar-refractivity contribution >= 4 is 51.6 Å². The third-order valence-corrected chi connectivity index (χ3v) is 6.93. The number of nitrogens with one attached hydrogen (secondary N) is 2. The fraction of sp³-hybridized carbons (Fsp3) is 0.250. The standard InChI is InChI=1S/C24H24N4O3S2/c1-16(29)25-12-4-5-17-8-10-18(11-9-17)19-14-33-24(26-19)27-22(30)13-28-20-6-2-3-7-21(20)32-15-23(28)31/h2-3,6-11,14H,4-5,12-13,15H2,1H3,(H,25,29)(H,26,27,30). The monoisotopic (exact) mass is 480 g/mol. The van der Waals surface area contributed by atoms with E-state index in [0.29, 0.717) is 17.4 Å². The summed E-state index contributed by atoms with van der Waals surface area (Å²) in [5.74, 6) is -0.0380. The molecule has 3 aromatic rings. The molecule has 0 saturated heterocycles. The maximum Gasteiger partial charge on any atom is 0.246 e. The van der Waals surface area contributed by atoms with E-state index in [9.17, 15) is 14.4 Å². The van der Waals surface area contributed by atoms with Gasteiger partial charge in [0.05, 0.1) is 17.1 Å². The molecule has 2 heterocycles. The Morgan fingerprint density at radius 1 is 1.12 bits per heavy atom. The van der Waals surface area contributed by atoms with E-state index in [0.717, 1.165) is 34.7 Å². The molecule has 1 aliphatic heterocycles. The van der Waals surface area contributed by atoms with Crippen molar-refractivity contribution in [1.29, 1.82) is 0 Å². The summed E-state index contributed by atoms with van der Waals surface area (Å²) in [7, 11) is 0. The molecule has 1 aromatic heterocycles. The lowest BCUT2D eigenvalue weighted by Gasteiger charge is -2.28. The number of benzene rings is 2. The molecule has 0 radical (unpaired) electrons. The van der Waals surface area contributed by atoms with Crippen molar-refractivity contribution in [3.8, 4) is 11.3 Å². The smallest absolute Gasteiger partial charge is 0.246 e. The number of thioether (sulfide) groups is 1. The highest BCUT2D eigenvalue weighted by Gasteiger charge is 2.26. The number of carbonyl (C=O) groups excluding carboxylic acids is 3. The van der Waals surface area contributed by atoms with Crippen LogP contribution < -0.4 is 15.5 Å². The van der Waals surface area contributed by atoms with Crippen molar-refractivity contribution in [2.75, 3.05) is 29.1 Å². The number of aryl methyl sites for hydroxylation is 1. The largest absolute Gasteiger partial charge is 0.356 e. The lowest BCUT2D eigenvalue weighted by Crippen LogP contribution is -2.41. The molecule has 0 atom stereocenters. The van der Waals surface area contributed by atoms with E-state index >= 15 is 0 Å². The number of carbonyl (C=O) groups is 3. The molecule has 0 spiro atoms. The van der Waals surface area contributed by atoms with E-state index in [1.54, 1.807) is 0 Å². The summed E-state index contributed by atoms with van der Waals surface area (Å²) in [4.78, 5) is 43.0. The van der Waals surface area contributed by atoms with Crippen LogP contribution in [-0.4, -0.2) is 41.5 Å². The van der Waals surface area contributed by atoms with Crippen LogP contribution in [0.5, 0.6) is 0 Å². The summed E-state index contributed by atoms with van der Waals surface area (Å²) in [6.07, 6.45) is 1.77. The first kappa shape index (κ1) is 23.0. The number of thiazole rings is 1. The highest BCUT2D eigenvalue weighted by molar-refractivity contribution is 8.00. The van der Waals surface area contributed by atoms with Crippen LogP contribution in [0.1, 0.15) is 18.9 Å². The van der Waals surface area contributed by atoms with Gasteiger partial charge in [-0.2, -0.15) is 0 Å². The van der Waals surface area contributed by atoms with E-state index in [2.05, 4.69) is 27.8 Å². The lowest BCUT2D eigenvalue weighted by molar-refractivity contribution is -0.120. The molecule has 4 rings (SSSR count). The number of hydrogen-bond acceptors (Lipinski definition) is 6. The summed E-state index contributed by atoms with van der Waals surface area (Å²) in [6, 6.07) is 15.7. The summed E-state index contributed by atoms with van der Waals surface area (Å²) >= 11 is 2.84. The van der Waals surface area contributed by atoms with Crippen molar-refractivity contribution in [2.45, 2.75) is 24.7 Å². The zero-order valence-corrected chi connectivity index (χ0v) is 19.8. The van der Waals surface area contributed by atoms with Gasteiger partial charge in [0.15, 0.2) is 5.13 Å². The van der Waals surface area contributed by atoms with Crippen LogP contribution in [0.4, 0.5) is 10.8 Å². The van der Waals surface area contributed by atoms with Gasteiger partial charge in [0.1, 0.15) is 6.54 Å². The fourth-order valence-corrected chi connectivity index (χ4v) is 5.16. The number of aromatic nitrogens is 1. The van der Waals surface area contributed by atoms with E-state index in [-0.39, 0.29) is 24.3 Å². The number of amides is 3. The van der Waals surface area contributed by atoms with Gasteiger partial charge in [-0.1, -0.05) is 36.4 Å². The van der Waals surface area contributed by atoms with Gasteiger partial charge in [-0.3, -0.25) is 14.4 Å². The number of fused-ring (bicyclic) bond motifs is 1. The molecular weight excluding hydrogens is 456 g/mol. The van der Waals surface area contributed by atoms with Crippen LogP contribution in [0.15, 0.2) is 58.8 Å². The van der Waals surface area contributed by atoms with E-state index in [1.165, 1.54) is 40.5 Å². The topological polar surface area (TPSA) is 91.4 Å². The van der Waals surface area contributed by atoms with Crippen LogP contribution in [0, 0.1) is 0 Å². The highest BCUT2D eigenvalue weighted by Crippen LogP contribution is 2.34. The SMILES string of the molecule is CC(=O)NCCCc1ccc(-c2csc(NC(=O)CN3C(=O)CSc4ccccc43)n2)cc1. The van der Waals surface area contributed by atoms with Gasteiger partial charge in [-0.15, -0.1) is 23.1 Å². The van der Waals surface area contributed by atoms with Gasteiger partial charge in [-0.05, 0) is 30.5 Å². The first-order valence-electron chi connectivity index (χ1n) is 10.6. The average Bonchev–Trinajstić information content (AvgIpc) is 3.27. The van der Waals surface area contributed by atoms with Gasteiger partial charge in [0.25, 0.3) is 0 Å². The molecule has 0 unspecified atom stereocenters. The molecule has 170 valence electrons. The summed E-state index contributed by atoms with van der Waals surface area (Å²) < 4.78 is 0. The Bertz CT molecular complexity index is 1160. The van der Waals surface area contributed by atoms with Crippen molar-refractivity contribution in [3.05, 3.63) is 59.5 Å². The van der Waals surface area contributed by atoms with Gasteiger partial charge in [0.2, 0.25) is 17.7 Å². The first-order valence-corrected chi connectivity index (χ1v) is 12.5. The third kappa shape index (κ3) is 6.00. The lowest BCUT2D eigenvalue weighted by atomic mass is 10.1. The predicted octanol–water partition coefficient (Wildman–Crippen LogP) is 3.96. The van der Waals surface area contributed by atoms with Crippen molar-refractivity contribution in [2.24, 2.45) is 0 Å². The quantitative estimate of drug-likeness (QED) is 0.476. The first-order chi connectivity index (χ1) is 16.0. The Morgan fingerprint density at radius 3 is 2.70 bits per heavy atom. The molecule has 7 nitrogen and oxygen atoms in total. The van der Waals surface area contributed by atoms with Crippen LogP contribution in [-0.2, 0) is 20.8 Å². The molecular formula is C24H24N4O3S2. The number of hydrogen-bond donors (Lipinski definition) is 2.